The van der Waals surface area contributed by atoms with Crippen LogP contribution in [0.5, 0.6) is 0 Å². The number of aliphatic carboxylic acids is 1. The van der Waals surface area contributed by atoms with Gasteiger partial charge in [-0.2, -0.15) is 18.2 Å². The molecule has 1 aliphatic carbocycles. The summed E-state index contributed by atoms with van der Waals surface area (Å²) < 4.78 is 37.0. The Morgan fingerprint density at radius 1 is 1.16 bits per heavy atom. The molecule has 5 rings (SSSR count). The average Bonchev–Trinajstić information content (AvgIpc) is 3.60. The van der Waals surface area contributed by atoms with Crippen molar-refractivity contribution in [2.75, 3.05) is 24.5 Å². The molecule has 0 amide bonds. The van der Waals surface area contributed by atoms with E-state index in [4.69, 9.17) is 14.9 Å². The van der Waals surface area contributed by atoms with E-state index in [1.54, 1.807) is 11.6 Å². The molecule has 2 atom stereocenters. The molecule has 2 aliphatic heterocycles. The molecular formula is C24H35F3N6O4. The first-order chi connectivity index (χ1) is 17.4. The fraction of sp³-hybridized carbons (Fsp3) is 0.750. The minimum atomic E-state index is -5.08. The lowest BCUT2D eigenvalue weighted by Crippen LogP contribution is -2.41. The third-order valence-electron chi connectivity index (χ3n) is 7.73. The van der Waals surface area contributed by atoms with Crippen LogP contribution in [0.4, 0.5) is 19.1 Å². The molecule has 1 saturated carbocycles. The van der Waals surface area contributed by atoms with Crippen molar-refractivity contribution < 1.29 is 23.1 Å². The molecule has 10 nitrogen and oxygen atoms in total. The predicted octanol–water partition coefficient (Wildman–Crippen LogP) is 2.49. The van der Waals surface area contributed by atoms with Crippen molar-refractivity contribution in [3.05, 3.63) is 20.8 Å². The van der Waals surface area contributed by atoms with Gasteiger partial charge in [0.25, 0.3) is 5.56 Å². The van der Waals surface area contributed by atoms with Crippen LogP contribution in [0, 0.1) is 11.8 Å². The maximum atomic E-state index is 13.7. The van der Waals surface area contributed by atoms with E-state index in [0.717, 1.165) is 70.7 Å². The summed E-state index contributed by atoms with van der Waals surface area (Å²) >= 11 is 0. The number of nitrogens with zero attached hydrogens (tertiary/aromatic N) is 5. The summed E-state index contributed by atoms with van der Waals surface area (Å²) in [5.41, 5.74) is 0.769. The van der Waals surface area contributed by atoms with E-state index < -0.39 is 12.1 Å². The van der Waals surface area contributed by atoms with Gasteiger partial charge in [-0.05, 0) is 37.5 Å². The van der Waals surface area contributed by atoms with Gasteiger partial charge in [-0.3, -0.25) is 13.9 Å². The van der Waals surface area contributed by atoms with Crippen LogP contribution >= 0.6 is 0 Å². The lowest BCUT2D eigenvalue weighted by atomic mass is 10.1. The SMILES string of the molecule is CC(C)CCn1c(N2CCC3CNCC32)nc2c1c(=O)n(C1CCCC1)c(=O)n2C.O=C(O)C(F)(F)F. The number of hydrogen-bond acceptors (Lipinski definition) is 6. The van der Waals surface area contributed by atoms with Gasteiger partial charge < -0.3 is 19.9 Å². The van der Waals surface area contributed by atoms with Crippen LogP contribution in [0.25, 0.3) is 11.2 Å². The zero-order valence-electron chi connectivity index (χ0n) is 21.4. The monoisotopic (exact) mass is 528 g/mol. The van der Waals surface area contributed by atoms with E-state index in [1.165, 1.54) is 4.57 Å². The van der Waals surface area contributed by atoms with Crippen LogP contribution in [0.3, 0.4) is 0 Å². The number of hydrogen-bond donors (Lipinski definition) is 2. The topological polar surface area (TPSA) is 114 Å². The smallest absolute Gasteiger partial charge is 0.475 e. The largest absolute Gasteiger partial charge is 0.490 e. The van der Waals surface area contributed by atoms with Crippen molar-refractivity contribution in [1.29, 1.82) is 0 Å². The number of rotatable bonds is 5. The van der Waals surface area contributed by atoms with E-state index in [-0.39, 0.29) is 17.3 Å². The summed E-state index contributed by atoms with van der Waals surface area (Å²) in [4.78, 5) is 43.0. The number of carboxylic acids is 1. The van der Waals surface area contributed by atoms with E-state index in [9.17, 15) is 22.8 Å². The first-order valence-corrected chi connectivity index (χ1v) is 12.9. The zero-order chi connectivity index (χ0) is 27.1. The second-order valence-corrected chi connectivity index (χ2v) is 10.6. The molecule has 2 aromatic heterocycles. The van der Waals surface area contributed by atoms with Crippen LogP contribution in [-0.4, -0.2) is 61.6 Å². The summed E-state index contributed by atoms with van der Waals surface area (Å²) in [5, 5.41) is 10.6. The summed E-state index contributed by atoms with van der Waals surface area (Å²) in [5.74, 6) is -0.715. The van der Waals surface area contributed by atoms with E-state index >= 15 is 0 Å². The van der Waals surface area contributed by atoms with Crippen molar-refractivity contribution >= 4 is 23.1 Å². The lowest BCUT2D eigenvalue weighted by molar-refractivity contribution is -0.192. The number of carboxylic acid groups (broad SMARTS) is 1. The molecule has 4 heterocycles. The van der Waals surface area contributed by atoms with Crippen LogP contribution in [0.15, 0.2) is 9.59 Å². The van der Waals surface area contributed by atoms with Gasteiger partial charge in [0.05, 0.1) is 0 Å². The summed E-state index contributed by atoms with van der Waals surface area (Å²) in [6.07, 6.45) is 1.03. The molecule has 0 bridgehead atoms. The number of aromatic nitrogens is 4. The second kappa shape index (κ2) is 10.5. The third-order valence-corrected chi connectivity index (χ3v) is 7.73. The molecule has 2 aromatic rings. The van der Waals surface area contributed by atoms with Gasteiger partial charge in [-0.15, -0.1) is 0 Å². The number of aryl methyl sites for hydroxylation is 2. The first-order valence-electron chi connectivity index (χ1n) is 12.9. The van der Waals surface area contributed by atoms with Gasteiger partial charge in [0, 0.05) is 45.3 Å². The number of carbonyl (C=O) groups is 1. The van der Waals surface area contributed by atoms with Crippen LogP contribution < -0.4 is 21.5 Å². The van der Waals surface area contributed by atoms with E-state index in [0.29, 0.717) is 29.0 Å². The fourth-order valence-electron chi connectivity index (χ4n) is 5.73. The maximum absolute atomic E-state index is 13.7. The molecule has 37 heavy (non-hydrogen) atoms. The molecule has 206 valence electrons. The molecule has 2 saturated heterocycles. The minimum absolute atomic E-state index is 0.0210. The van der Waals surface area contributed by atoms with Gasteiger partial charge in [-0.25, -0.2) is 9.59 Å². The molecule has 0 radical (unpaired) electrons. The zero-order valence-corrected chi connectivity index (χ0v) is 21.4. The van der Waals surface area contributed by atoms with Crippen LogP contribution in [0.2, 0.25) is 0 Å². The molecule has 3 fully saturated rings. The Kier molecular flexibility index (Phi) is 7.72. The molecule has 2 unspecified atom stereocenters. The van der Waals surface area contributed by atoms with Crippen molar-refractivity contribution in [2.24, 2.45) is 18.9 Å². The van der Waals surface area contributed by atoms with Crippen molar-refractivity contribution in [2.45, 2.75) is 77.2 Å². The van der Waals surface area contributed by atoms with Gasteiger partial charge >= 0.3 is 17.8 Å². The Hall–Kier alpha value is -2.83. The molecular weight excluding hydrogens is 493 g/mol. The van der Waals surface area contributed by atoms with Gasteiger partial charge in [0.1, 0.15) is 0 Å². The number of anilines is 1. The summed E-state index contributed by atoms with van der Waals surface area (Å²) in [7, 11) is 1.77. The van der Waals surface area contributed by atoms with Crippen molar-refractivity contribution in [3.8, 4) is 0 Å². The van der Waals surface area contributed by atoms with Gasteiger partial charge in [0.15, 0.2) is 11.2 Å². The standard InChI is InChI=1S/C22H34N6O2.C2HF3O2/c1-14(2)8-10-27-18-19(24-21(27)26-11-9-15-12-23-13-17(15)26)25(3)22(30)28(20(18)29)16-6-4-5-7-16;3-2(4,5)1(6)7/h14-17,23H,4-13H2,1-3H3;(H,6,7). The molecule has 3 aliphatic rings. The second-order valence-electron chi connectivity index (χ2n) is 10.6. The Morgan fingerprint density at radius 2 is 1.81 bits per heavy atom. The van der Waals surface area contributed by atoms with Gasteiger partial charge in [0.2, 0.25) is 5.95 Å². The molecule has 0 spiro atoms. The number of nitrogens with one attached hydrogen (secondary N) is 1. The normalized spacial score (nSPS) is 22.1. The highest BCUT2D eigenvalue weighted by Gasteiger charge is 2.40. The first kappa shape index (κ1) is 27.2. The van der Waals surface area contributed by atoms with E-state index in [2.05, 4.69) is 28.6 Å². The number of imidazole rings is 1. The predicted molar refractivity (Wildman–Crippen MR) is 132 cm³/mol. The Balaban J connectivity index is 0.000000405. The quantitative estimate of drug-likeness (QED) is 0.613. The maximum Gasteiger partial charge on any atom is 0.490 e. The van der Waals surface area contributed by atoms with Crippen LogP contribution in [0.1, 0.15) is 58.4 Å². The highest BCUT2D eigenvalue weighted by Crippen LogP contribution is 2.33. The minimum Gasteiger partial charge on any atom is -0.475 e. The molecule has 2 N–H and O–H groups in total. The summed E-state index contributed by atoms with van der Waals surface area (Å²) in [6, 6.07) is 0.446. The number of fused-ring (bicyclic) bond motifs is 2. The highest BCUT2D eigenvalue weighted by atomic mass is 19.4. The number of halogens is 3. The Labute approximate surface area is 212 Å². The highest BCUT2D eigenvalue weighted by molar-refractivity contribution is 5.75. The molecule has 13 heteroatoms. The van der Waals surface area contributed by atoms with Crippen molar-refractivity contribution in [1.82, 2.24) is 24.0 Å². The van der Waals surface area contributed by atoms with Crippen molar-refractivity contribution in [3.63, 3.8) is 0 Å². The van der Waals surface area contributed by atoms with Crippen LogP contribution in [-0.2, 0) is 18.4 Å². The Bertz CT molecular complexity index is 1260. The molecule has 0 aromatic carbocycles. The van der Waals surface area contributed by atoms with E-state index in [1.807, 2.05) is 0 Å². The number of alkyl halides is 3. The lowest BCUT2D eigenvalue weighted by Gasteiger charge is -2.25. The van der Waals surface area contributed by atoms with Gasteiger partial charge in [-0.1, -0.05) is 26.7 Å². The summed E-state index contributed by atoms with van der Waals surface area (Å²) in [6.45, 7) is 8.15. The Morgan fingerprint density at radius 3 is 2.41 bits per heavy atom. The third kappa shape index (κ3) is 5.27. The fourth-order valence-corrected chi connectivity index (χ4v) is 5.73. The average molecular weight is 529 g/mol.